The van der Waals surface area contributed by atoms with E-state index in [2.05, 4.69) is 78.1 Å². The fraction of sp³-hybridized carbons (Fsp3) is 0.545. The highest BCUT2D eigenvalue weighted by molar-refractivity contribution is 9.10. The molecule has 2 nitrogen and oxygen atoms in total. The number of fused-ring (bicyclic) bond motifs is 1. The number of hydrogen-bond acceptors (Lipinski definition) is 2. The first-order valence-electron chi connectivity index (χ1n) is 9.58. The van der Waals surface area contributed by atoms with Gasteiger partial charge in [0.1, 0.15) is 5.75 Å². The summed E-state index contributed by atoms with van der Waals surface area (Å²) in [5.41, 5.74) is 0. The maximum absolute atomic E-state index is 5.91. The summed E-state index contributed by atoms with van der Waals surface area (Å²) in [4.78, 5) is 2.43. The predicted octanol–water partition coefficient (Wildman–Crippen LogP) is 7.08. The van der Waals surface area contributed by atoms with Gasteiger partial charge in [-0.2, -0.15) is 0 Å². The molecule has 26 heavy (non-hydrogen) atoms. The maximum Gasteiger partial charge on any atom is 0.119 e. The van der Waals surface area contributed by atoms with E-state index in [0.29, 0.717) is 6.04 Å². The van der Waals surface area contributed by atoms with E-state index in [1.807, 2.05) is 0 Å². The first kappa shape index (κ1) is 23.3. The topological polar surface area (TPSA) is 12.5 Å². The molecule has 0 bridgehead atoms. The van der Waals surface area contributed by atoms with Crippen molar-refractivity contribution in [3.63, 3.8) is 0 Å². The van der Waals surface area contributed by atoms with Crippen molar-refractivity contribution in [2.24, 2.45) is 0 Å². The maximum atomic E-state index is 5.91. The Balaban J connectivity index is 0.00000338. The number of unbranched alkanes of at least 4 members (excludes halogenated alkanes) is 5. The average Bonchev–Trinajstić information content (AvgIpc) is 2.60. The molecule has 0 radical (unpaired) electrons. The molecule has 0 atom stereocenters. The number of rotatable bonds is 11. The lowest BCUT2D eigenvalue weighted by atomic mass is 10.1. The van der Waals surface area contributed by atoms with Crippen molar-refractivity contribution in [3.8, 4) is 5.75 Å². The van der Waals surface area contributed by atoms with Crippen molar-refractivity contribution in [3.05, 3.63) is 40.9 Å². The minimum absolute atomic E-state index is 0. The second-order valence-corrected chi connectivity index (χ2v) is 8.11. The zero-order chi connectivity index (χ0) is 18.1. The molecule has 0 unspecified atom stereocenters. The zero-order valence-corrected chi connectivity index (χ0v) is 18.7. The van der Waals surface area contributed by atoms with Crippen LogP contribution in [-0.4, -0.2) is 31.1 Å². The van der Waals surface area contributed by atoms with Gasteiger partial charge in [-0.3, -0.25) is 0 Å². The monoisotopic (exact) mass is 441 g/mol. The van der Waals surface area contributed by atoms with Crippen molar-refractivity contribution in [2.75, 3.05) is 20.2 Å². The largest absolute Gasteiger partial charge is 0.494 e. The van der Waals surface area contributed by atoms with Crippen molar-refractivity contribution in [1.82, 2.24) is 4.90 Å². The van der Waals surface area contributed by atoms with Crippen LogP contribution in [0.25, 0.3) is 10.8 Å². The lowest BCUT2D eigenvalue weighted by Crippen LogP contribution is -2.27. The molecular weight excluding hydrogens is 410 g/mol. The van der Waals surface area contributed by atoms with Crippen LogP contribution < -0.4 is 4.74 Å². The van der Waals surface area contributed by atoms with Crippen molar-refractivity contribution >= 4 is 39.1 Å². The molecule has 0 aliphatic rings. The van der Waals surface area contributed by atoms with Gasteiger partial charge in [-0.15, -0.1) is 12.4 Å². The van der Waals surface area contributed by atoms with Gasteiger partial charge in [0.2, 0.25) is 0 Å². The third-order valence-corrected chi connectivity index (χ3v) is 5.32. The molecule has 0 saturated carbocycles. The van der Waals surface area contributed by atoms with Gasteiger partial charge in [0, 0.05) is 10.5 Å². The summed E-state index contributed by atoms with van der Waals surface area (Å²) in [6, 6.07) is 13.3. The smallest absolute Gasteiger partial charge is 0.119 e. The van der Waals surface area contributed by atoms with Crippen molar-refractivity contribution in [1.29, 1.82) is 0 Å². The van der Waals surface area contributed by atoms with Crippen molar-refractivity contribution in [2.45, 2.75) is 58.4 Å². The molecule has 0 aliphatic carbocycles. The summed E-state index contributed by atoms with van der Waals surface area (Å²) in [6.07, 6.45) is 7.73. The minimum Gasteiger partial charge on any atom is -0.494 e. The fourth-order valence-electron chi connectivity index (χ4n) is 2.90. The van der Waals surface area contributed by atoms with Crippen LogP contribution in [0.3, 0.4) is 0 Å². The third kappa shape index (κ3) is 8.28. The fourth-order valence-corrected chi connectivity index (χ4v) is 3.28. The minimum atomic E-state index is 0. The predicted molar refractivity (Wildman–Crippen MR) is 120 cm³/mol. The van der Waals surface area contributed by atoms with Crippen molar-refractivity contribution < 1.29 is 4.74 Å². The van der Waals surface area contributed by atoms with Gasteiger partial charge in [0.15, 0.2) is 0 Å². The molecule has 0 fully saturated rings. The highest BCUT2D eigenvalue weighted by Gasteiger charge is 2.02. The Morgan fingerprint density at radius 1 is 0.885 bits per heavy atom. The van der Waals surface area contributed by atoms with Crippen LogP contribution in [0, 0.1) is 0 Å². The van der Waals surface area contributed by atoms with Crippen LogP contribution in [0.2, 0.25) is 0 Å². The molecule has 2 aromatic carbocycles. The van der Waals surface area contributed by atoms with E-state index < -0.39 is 0 Å². The Kier molecular flexibility index (Phi) is 11.3. The van der Waals surface area contributed by atoms with Crippen LogP contribution >= 0.6 is 28.3 Å². The van der Waals surface area contributed by atoms with E-state index in [1.54, 1.807) is 0 Å². The Morgan fingerprint density at radius 2 is 1.50 bits per heavy atom. The Labute approximate surface area is 173 Å². The second kappa shape index (κ2) is 12.6. The first-order chi connectivity index (χ1) is 12.1. The van der Waals surface area contributed by atoms with Gasteiger partial charge in [0.05, 0.1) is 6.61 Å². The highest BCUT2D eigenvalue weighted by atomic mass is 79.9. The lowest BCUT2D eigenvalue weighted by molar-refractivity contribution is 0.266. The molecule has 0 heterocycles. The summed E-state index contributed by atoms with van der Waals surface area (Å²) in [6.45, 7) is 6.56. The number of benzene rings is 2. The van der Waals surface area contributed by atoms with Crippen LogP contribution in [-0.2, 0) is 0 Å². The Hall–Kier alpha value is -0.770. The molecule has 2 aromatic rings. The zero-order valence-electron chi connectivity index (χ0n) is 16.3. The van der Waals surface area contributed by atoms with E-state index in [4.69, 9.17) is 4.74 Å². The van der Waals surface area contributed by atoms with Gasteiger partial charge in [-0.1, -0.05) is 53.7 Å². The molecule has 0 saturated heterocycles. The second-order valence-electron chi connectivity index (χ2n) is 7.20. The lowest BCUT2D eigenvalue weighted by Gasteiger charge is -2.20. The molecule has 0 amide bonds. The van der Waals surface area contributed by atoms with Crippen LogP contribution in [0.5, 0.6) is 5.75 Å². The van der Waals surface area contributed by atoms with Gasteiger partial charge in [-0.25, -0.2) is 0 Å². The molecule has 0 aliphatic heterocycles. The van der Waals surface area contributed by atoms with E-state index in [0.717, 1.165) is 23.2 Å². The van der Waals surface area contributed by atoms with E-state index in [-0.39, 0.29) is 12.4 Å². The highest BCUT2D eigenvalue weighted by Crippen LogP contribution is 2.24. The Morgan fingerprint density at radius 3 is 2.23 bits per heavy atom. The first-order valence-corrected chi connectivity index (χ1v) is 10.4. The normalized spacial score (nSPS) is 11.2. The molecule has 2 rings (SSSR count). The molecule has 4 heteroatoms. The number of ether oxygens (including phenoxy) is 1. The van der Waals surface area contributed by atoms with Crippen LogP contribution in [0.4, 0.5) is 0 Å². The number of hydrogen-bond donors (Lipinski definition) is 0. The quantitative estimate of drug-likeness (QED) is 0.345. The third-order valence-electron chi connectivity index (χ3n) is 4.83. The number of nitrogens with zero attached hydrogens (tertiary/aromatic N) is 1. The van der Waals surface area contributed by atoms with Crippen LogP contribution in [0.15, 0.2) is 40.9 Å². The summed E-state index contributed by atoms with van der Waals surface area (Å²) < 4.78 is 7.03. The summed E-state index contributed by atoms with van der Waals surface area (Å²) in [5, 5.41) is 2.47. The average molecular weight is 443 g/mol. The SMILES string of the molecule is CC(C)N(C)CCCCCCCCOc1ccc2cc(Br)ccc2c1.Cl. The van der Waals surface area contributed by atoms with Gasteiger partial charge >= 0.3 is 0 Å². The molecule has 0 N–H and O–H groups in total. The number of halogens is 2. The molecule has 0 spiro atoms. The van der Waals surface area contributed by atoms with Gasteiger partial charge in [-0.05, 0) is 75.3 Å². The Bertz CT molecular complexity index is 647. The molecular formula is C22H33BrClNO. The molecule has 146 valence electrons. The standard InChI is InChI=1S/C22H32BrNO.ClH/c1-18(2)24(3)14-8-6-4-5-7-9-15-25-22-13-11-19-16-21(23)12-10-20(19)17-22;/h10-13,16-18H,4-9,14-15H2,1-3H3;1H. The molecule has 0 aromatic heterocycles. The van der Waals surface area contributed by atoms with Gasteiger partial charge < -0.3 is 9.64 Å². The summed E-state index contributed by atoms with van der Waals surface area (Å²) >= 11 is 3.51. The summed E-state index contributed by atoms with van der Waals surface area (Å²) in [5.74, 6) is 0.978. The van der Waals surface area contributed by atoms with E-state index in [9.17, 15) is 0 Å². The summed E-state index contributed by atoms with van der Waals surface area (Å²) in [7, 11) is 2.22. The van der Waals surface area contributed by atoms with E-state index in [1.165, 1.54) is 49.4 Å². The van der Waals surface area contributed by atoms with Crippen LogP contribution in [0.1, 0.15) is 52.4 Å². The van der Waals surface area contributed by atoms with Gasteiger partial charge in [0.25, 0.3) is 0 Å². The van der Waals surface area contributed by atoms with E-state index >= 15 is 0 Å².